The lowest BCUT2D eigenvalue weighted by Gasteiger charge is -2.51. The van der Waals surface area contributed by atoms with Crippen molar-refractivity contribution in [1.29, 1.82) is 0 Å². The second-order valence-corrected chi connectivity index (χ2v) is 6.91. The van der Waals surface area contributed by atoms with Crippen LogP contribution in [0.15, 0.2) is 17.1 Å². The second kappa shape index (κ2) is 11.5. The Morgan fingerprint density at radius 1 is 1.12 bits per heavy atom. The Hall–Kier alpha value is -3.39. The zero-order valence-electron chi connectivity index (χ0n) is 18.3. The first kappa shape index (κ1) is 25.9. The van der Waals surface area contributed by atoms with Gasteiger partial charge in [-0.15, -0.1) is 0 Å². The number of nitrogens with one attached hydrogen (secondary N) is 1. The minimum Gasteiger partial charge on any atom is -0.463 e. The number of rotatable bonds is 6. The summed E-state index contributed by atoms with van der Waals surface area (Å²) in [6.45, 7) is 3.75. The minimum atomic E-state index is -2.12. The third-order valence-electron chi connectivity index (χ3n) is 4.39. The summed E-state index contributed by atoms with van der Waals surface area (Å²) in [6, 6.07) is -1.41. The van der Waals surface area contributed by atoms with Crippen molar-refractivity contribution in [3.05, 3.63) is 22.4 Å². The number of hydrogen-bond donors (Lipinski definition) is 1. The topological polar surface area (TPSA) is 194 Å². The van der Waals surface area contributed by atoms with Crippen LogP contribution in [0.1, 0.15) is 27.7 Å². The van der Waals surface area contributed by atoms with E-state index < -0.39 is 60.6 Å². The van der Waals surface area contributed by atoms with Crippen LogP contribution in [0, 0.1) is 0 Å². The number of esters is 3. The summed E-state index contributed by atoms with van der Waals surface area (Å²) < 4.78 is 27.7. The van der Waals surface area contributed by atoms with E-state index in [9.17, 15) is 19.2 Å². The Balaban J connectivity index is 2.72. The van der Waals surface area contributed by atoms with Crippen LogP contribution in [0.4, 0.5) is 0 Å². The van der Waals surface area contributed by atoms with Crippen molar-refractivity contribution < 1.29 is 52.6 Å². The maximum absolute atomic E-state index is 12.1. The molecule has 0 aromatic carbocycles. The first-order chi connectivity index (χ1) is 15.6. The molecule has 0 bridgehead atoms. The van der Waals surface area contributed by atoms with Gasteiger partial charge in [0.1, 0.15) is 37.3 Å². The molecule has 15 heteroatoms. The lowest BCUT2D eigenvalue weighted by Crippen LogP contribution is -2.73. The third-order valence-corrected chi connectivity index (χ3v) is 4.39. The molecule has 1 amide bonds. The van der Waals surface area contributed by atoms with Crippen molar-refractivity contribution >= 4 is 23.8 Å². The highest BCUT2D eigenvalue weighted by Gasteiger charge is 2.61. The van der Waals surface area contributed by atoms with E-state index in [1.54, 1.807) is 0 Å². The fourth-order valence-electron chi connectivity index (χ4n) is 3.36. The van der Waals surface area contributed by atoms with Crippen molar-refractivity contribution in [3.8, 4) is 0 Å². The normalized spacial score (nSPS) is 30.7. The van der Waals surface area contributed by atoms with Crippen molar-refractivity contribution in [2.45, 2.75) is 57.8 Å². The van der Waals surface area contributed by atoms with Crippen molar-refractivity contribution in [1.82, 2.24) is 5.32 Å². The van der Waals surface area contributed by atoms with Gasteiger partial charge in [0.15, 0.2) is 12.2 Å². The summed E-state index contributed by atoms with van der Waals surface area (Å²) in [7, 11) is 0. The van der Waals surface area contributed by atoms with E-state index in [4.69, 9.17) is 39.0 Å². The molecule has 182 valence electrons. The lowest BCUT2D eigenvalue weighted by atomic mass is 9.87. The van der Waals surface area contributed by atoms with Gasteiger partial charge >= 0.3 is 17.9 Å². The predicted octanol–water partition coefficient (Wildman–Crippen LogP) is 0.143. The van der Waals surface area contributed by atoms with Crippen LogP contribution >= 0.6 is 0 Å². The predicted molar refractivity (Wildman–Crippen MR) is 103 cm³/mol. The van der Waals surface area contributed by atoms with E-state index in [2.05, 4.69) is 15.3 Å². The number of azide groups is 1. The number of amides is 1. The van der Waals surface area contributed by atoms with Crippen molar-refractivity contribution in [3.63, 3.8) is 0 Å². The Labute approximate surface area is 187 Å². The molecule has 2 heterocycles. The maximum atomic E-state index is 12.1. The Bertz CT molecular complexity index is 856. The molecule has 0 aliphatic carbocycles. The number of nitrogens with zero attached hydrogens (tertiary/aromatic N) is 3. The summed E-state index contributed by atoms with van der Waals surface area (Å²) in [5, 5.41) is 6.07. The van der Waals surface area contributed by atoms with Gasteiger partial charge in [-0.2, -0.15) is 4.89 Å². The Morgan fingerprint density at radius 2 is 1.79 bits per heavy atom. The van der Waals surface area contributed by atoms with Gasteiger partial charge in [0.25, 0.3) is 0 Å². The summed E-state index contributed by atoms with van der Waals surface area (Å²) >= 11 is 0. The van der Waals surface area contributed by atoms with Gasteiger partial charge in [-0.25, -0.2) is 0 Å². The van der Waals surface area contributed by atoms with Crippen molar-refractivity contribution in [2.24, 2.45) is 5.11 Å². The van der Waals surface area contributed by atoms with Crippen LogP contribution in [0.2, 0.25) is 0 Å². The average molecular weight is 472 g/mol. The van der Waals surface area contributed by atoms with Gasteiger partial charge in [-0.3, -0.25) is 19.2 Å². The molecular formula is C18H24N4O11. The molecule has 1 spiro atoms. The van der Waals surface area contributed by atoms with Crippen LogP contribution in [0.3, 0.4) is 0 Å². The van der Waals surface area contributed by atoms with Crippen molar-refractivity contribution in [2.75, 3.05) is 19.8 Å². The highest BCUT2D eigenvalue weighted by Crippen LogP contribution is 2.40. The first-order valence-electron chi connectivity index (χ1n) is 9.71. The number of hydrogen-bond acceptors (Lipinski definition) is 12. The number of carbonyl (C=O) groups is 4. The number of carbonyl (C=O) groups excluding carboxylic acids is 4. The largest absolute Gasteiger partial charge is 0.463 e. The number of ether oxygens (including phenoxy) is 5. The highest BCUT2D eigenvalue weighted by molar-refractivity contribution is 5.74. The Morgan fingerprint density at radius 3 is 2.36 bits per heavy atom. The molecule has 2 aliphatic rings. The molecule has 5 atom stereocenters. The van der Waals surface area contributed by atoms with Gasteiger partial charge in [0.05, 0.1) is 6.61 Å². The highest BCUT2D eigenvalue weighted by atomic mass is 17.2. The summed E-state index contributed by atoms with van der Waals surface area (Å²) in [5.74, 6) is -4.97. The molecule has 15 nitrogen and oxygen atoms in total. The van der Waals surface area contributed by atoms with E-state index in [0.717, 1.165) is 27.0 Å². The van der Waals surface area contributed by atoms with Gasteiger partial charge in [0, 0.05) is 32.6 Å². The molecule has 1 N–H and O–H groups in total. The van der Waals surface area contributed by atoms with Gasteiger partial charge in [-0.1, -0.05) is 5.11 Å². The maximum Gasteiger partial charge on any atom is 0.303 e. The fourth-order valence-corrected chi connectivity index (χ4v) is 3.36. The molecule has 33 heavy (non-hydrogen) atoms. The molecule has 1 fully saturated rings. The zero-order chi connectivity index (χ0) is 24.6. The van der Waals surface area contributed by atoms with Crippen LogP contribution < -0.4 is 5.32 Å². The summed E-state index contributed by atoms with van der Waals surface area (Å²) in [5.41, 5.74) is 8.73. The molecule has 5 unspecified atom stereocenters. The molecule has 1 saturated heterocycles. The van der Waals surface area contributed by atoms with Crippen LogP contribution in [0.25, 0.3) is 10.4 Å². The van der Waals surface area contributed by atoms with E-state index >= 15 is 0 Å². The van der Waals surface area contributed by atoms with E-state index in [1.807, 2.05) is 0 Å². The van der Waals surface area contributed by atoms with Gasteiger partial charge in [0.2, 0.25) is 11.7 Å². The minimum absolute atomic E-state index is 0.0990. The molecule has 0 aromatic heterocycles. The zero-order valence-corrected chi connectivity index (χ0v) is 18.3. The summed E-state index contributed by atoms with van der Waals surface area (Å²) in [4.78, 5) is 59.8. The SMILES string of the molecule is CC(=O)NC1C(OC(C)=O)C(OC(C)=O)C(COC(C)=O)OC12OCCOO/C=C\2N=[N+]=[N-]. The molecule has 0 radical (unpaired) electrons. The van der Waals surface area contributed by atoms with E-state index in [0.29, 0.717) is 0 Å². The average Bonchev–Trinajstić information content (AvgIpc) is 2.69. The monoisotopic (exact) mass is 472 g/mol. The molecule has 0 aromatic rings. The van der Waals surface area contributed by atoms with E-state index in [-0.39, 0.29) is 18.9 Å². The quantitative estimate of drug-likeness (QED) is 0.138. The molecule has 2 rings (SSSR count). The first-order valence-corrected chi connectivity index (χ1v) is 9.71. The third kappa shape index (κ3) is 6.55. The molecular weight excluding hydrogens is 448 g/mol. The van der Waals surface area contributed by atoms with E-state index in [1.165, 1.54) is 6.92 Å². The second-order valence-electron chi connectivity index (χ2n) is 6.91. The van der Waals surface area contributed by atoms with Gasteiger partial charge in [-0.05, 0) is 5.53 Å². The van der Waals surface area contributed by atoms with Gasteiger partial charge < -0.3 is 33.9 Å². The summed E-state index contributed by atoms with van der Waals surface area (Å²) in [6.07, 6.45) is -3.19. The van der Waals surface area contributed by atoms with Crippen LogP contribution in [0.5, 0.6) is 0 Å². The Kier molecular flexibility index (Phi) is 8.99. The molecule has 2 aliphatic heterocycles. The smallest absolute Gasteiger partial charge is 0.303 e. The van der Waals surface area contributed by atoms with Crippen LogP contribution in [-0.2, 0) is 52.6 Å². The standard InChI is InChI=1S/C18H24N4O11/c1-9(23)20-17-16(32-12(4)26)15(31-11(3)25)13(7-27-10(2)24)33-18(17)14(21-22-19)8-30-29-6-5-28-18/h8,13,15-17H,5-7H2,1-4H3,(H,20,23)/b14-8+. The molecule has 0 saturated carbocycles. The fraction of sp³-hybridized carbons (Fsp3) is 0.667. The lowest BCUT2D eigenvalue weighted by molar-refractivity contribution is -0.342. The van der Waals surface area contributed by atoms with Crippen LogP contribution in [-0.4, -0.2) is 73.8 Å².